The highest BCUT2D eigenvalue weighted by molar-refractivity contribution is 9.10. The van der Waals surface area contributed by atoms with E-state index in [1.54, 1.807) is 7.05 Å². The SMILES string of the molecule is CN(CCC(=O)O)C(=O)C1(c2ccc(Br)cc2)CC1. The Morgan fingerprint density at radius 2 is 1.89 bits per heavy atom. The normalized spacial score (nSPS) is 15.9. The Kier molecular flexibility index (Phi) is 3.94. The number of carbonyl (C=O) groups excluding carboxylic acids is 1. The number of hydrogen-bond acceptors (Lipinski definition) is 2. The zero-order valence-electron chi connectivity index (χ0n) is 10.7. The van der Waals surface area contributed by atoms with Gasteiger partial charge in [0.15, 0.2) is 0 Å². The summed E-state index contributed by atoms with van der Waals surface area (Å²) < 4.78 is 0.985. The number of halogens is 1. The lowest BCUT2D eigenvalue weighted by molar-refractivity contribution is -0.138. The minimum absolute atomic E-state index is 0.0152. The molecular formula is C14H16BrNO3. The van der Waals surface area contributed by atoms with Crippen LogP contribution >= 0.6 is 15.9 Å². The van der Waals surface area contributed by atoms with Crippen LogP contribution < -0.4 is 0 Å². The molecule has 4 nitrogen and oxygen atoms in total. The number of carbonyl (C=O) groups is 2. The van der Waals surface area contributed by atoms with Gasteiger partial charge in [-0.15, -0.1) is 0 Å². The van der Waals surface area contributed by atoms with Gasteiger partial charge in [0.25, 0.3) is 0 Å². The molecule has 102 valence electrons. The predicted molar refractivity (Wildman–Crippen MR) is 74.9 cm³/mol. The summed E-state index contributed by atoms with van der Waals surface area (Å²) in [5, 5.41) is 8.67. The predicted octanol–water partition coefficient (Wildman–Crippen LogP) is 2.41. The third-order valence-electron chi connectivity index (χ3n) is 3.56. The number of aliphatic carboxylic acids is 1. The van der Waals surface area contributed by atoms with E-state index in [9.17, 15) is 9.59 Å². The fraction of sp³-hybridized carbons (Fsp3) is 0.429. The molecule has 2 rings (SSSR count). The molecular weight excluding hydrogens is 310 g/mol. The molecule has 1 saturated carbocycles. The number of rotatable bonds is 5. The number of carboxylic acid groups (broad SMARTS) is 1. The number of hydrogen-bond donors (Lipinski definition) is 1. The fourth-order valence-corrected chi connectivity index (χ4v) is 2.51. The molecule has 1 aromatic carbocycles. The van der Waals surface area contributed by atoms with Crippen molar-refractivity contribution in [3.8, 4) is 0 Å². The summed E-state index contributed by atoms with van der Waals surface area (Å²) in [5.74, 6) is -0.857. The molecule has 1 amide bonds. The molecule has 0 radical (unpaired) electrons. The maximum Gasteiger partial charge on any atom is 0.305 e. The summed E-state index contributed by atoms with van der Waals surface area (Å²) >= 11 is 3.38. The second kappa shape index (κ2) is 5.33. The third-order valence-corrected chi connectivity index (χ3v) is 4.09. The van der Waals surface area contributed by atoms with Crippen LogP contribution in [-0.2, 0) is 15.0 Å². The lowest BCUT2D eigenvalue weighted by atomic mass is 9.94. The van der Waals surface area contributed by atoms with E-state index in [0.29, 0.717) is 0 Å². The highest BCUT2D eigenvalue weighted by Gasteiger charge is 2.52. The summed E-state index contributed by atoms with van der Waals surface area (Å²) in [7, 11) is 1.67. The fourth-order valence-electron chi connectivity index (χ4n) is 2.25. The van der Waals surface area contributed by atoms with Gasteiger partial charge in [0.05, 0.1) is 11.8 Å². The Morgan fingerprint density at radius 3 is 2.37 bits per heavy atom. The van der Waals surface area contributed by atoms with Crippen LogP contribution in [0.4, 0.5) is 0 Å². The molecule has 1 N–H and O–H groups in total. The van der Waals surface area contributed by atoms with Crippen LogP contribution in [0.2, 0.25) is 0 Å². The van der Waals surface area contributed by atoms with E-state index in [1.165, 1.54) is 4.90 Å². The van der Waals surface area contributed by atoms with E-state index in [0.717, 1.165) is 22.9 Å². The van der Waals surface area contributed by atoms with Crippen molar-refractivity contribution in [3.05, 3.63) is 34.3 Å². The van der Waals surface area contributed by atoms with Gasteiger partial charge < -0.3 is 10.0 Å². The highest BCUT2D eigenvalue weighted by atomic mass is 79.9. The van der Waals surface area contributed by atoms with Crippen LogP contribution in [0.15, 0.2) is 28.7 Å². The Hall–Kier alpha value is -1.36. The van der Waals surface area contributed by atoms with Crippen molar-refractivity contribution in [1.82, 2.24) is 4.90 Å². The number of nitrogens with zero attached hydrogens (tertiary/aromatic N) is 1. The van der Waals surface area contributed by atoms with E-state index in [2.05, 4.69) is 15.9 Å². The molecule has 0 saturated heterocycles. The number of benzene rings is 1. The van der Waals surface area contributed by atoms with Gasteiger partial charge in [-0.3, -0.25) is 9.59 Å². The smallest absolute Gasteiger partial charge is 0.305 e. The van der Waals surface area contributed by atoms with Gasteiger partial charge in [0, 0.05) is 18.1 Å². The number of carboxylic acids is 1. The van der Waals surface area contributed by atoms with Crippen LogP contribution in [0.5, 0.6) is 0 Å². The van der Waals surface area contributed by atoms with E-state index in [4.69, 9.17) is 5.11 Å². The Labute approximate surface area is 120 Å². The maximum atomic E-state index is 12.4. The van der Waals surface area contributed by atoms with Crippen LogP contribution in [0.1, 0.15) is 24.8 Å². The molecule has 0 unspecified atom stereocenters. The lowest BCUT2D eigenvalue weighted by Crippen LogP contribution is -2.37. The van der Waals surface area contributed by atoms with Gasteiger partial charge in [-0.2, -0.15) is 0 Å². The molecule has 1 aliphatic rings. The average Bonchev–Trinajstić information content (AvgIpc) is 3.17. The van der Waals surface area contributed by atoms with Crippen molar-refractivity contribution in [3.63, 3.8) is 0 Å². The van der Waals surface area contributed by atoms with Crippen molar-refractivity contribution in [2.24, 2.45) is 0 Å². The van der Waals surface area contributed by atoms with Crippen LogP contribution in [-0.4, -0.2) is 35.5 Å². The zero-order chi connectivity index (χ0) is 14.0. The van der Waals surface area contributed by atoms with Crippen LogP contribution in [0.3, 0.4) is 0 Å². The first-order valence-electron chi connectivity index (χ1n) is 6.19. The van der Waals surface area contributed by atoms with Gasteiger partial charge in [0.2, 0.25) is 5.91 Å². The van der Waals surface area contributed by atoms with Gasteiger partial charge in [-0.05, 0) is 30.5 Å². The van der Waals surface area contributed by atoms with Crippen molar-refractivity contribution in [2.75, 3.05) is 13.6 Å². The Bertz CT molecular complexity index is 494. The zero-order valence-corrected chi connectivity index (χ0v) is 12.3. The Morgan fingerprint density at radius 1 is 1.32 bits per heavy atom. The van der Waals surface area contributed by atoms with Crippen molar-refractivity contribution in [1.29, 1.82) is 0 Å². The quantitative estimate of drug-likeness (QED) is 0.904. The van der Waals surface area contributed by atoms with Gasteiger partial charge in [-0.25, -0.2) is 0 Å². The van der Waals surface area contributed by atoms with Gasteiger partial charge in [0.1, 0.15) is 0 Å². The van der Waals surface area contributed by atoms with Crippen LogP contribution in [0.25, 0.3) is 0 Å². The highest BCUT2D eigenvalue weighted by Crippen LogP contribution is 2.49. The van der Waals surface area contributed by atoms with Crippen molar-refractivity contribution < 1.29 is 14.7 Å². The molecule has 0 heterocycles. The summed E-state index contributed by atoms with van der Waals surface area (Å²) in [4.78, 5) is 24.5. The third kappa shape index (κ3) is 2.97. The van der Waals surface area contributed by atoms with E-state index in [-0.39, 0.29) is 18.9 Å². The minimum atomic E-state index is -0.881. The topological polar surface area (TPSA) is 57.6 Å². The number of likely N-dealkylation sites (N-methyl/N-ethyl adjacent to an activating group) is 1. The molecule has 0 aromatic heterocycles. The second-order valence-electron chi connectivity index (χ2n) is 4.96. The molecule has 1 aliphatic carbocycles. The molecule has 1 aromatic rings. The van der Waals surface area contributed by atoms with E-state index >= 15 is 0 Å². The lowest BCUT2D eigenvalue weighted by Gasteiger charge is -2.23. The number of amides is 1. The Balaban J connectivity index is 2.09. The van der Waals surface area contributed by atoms with Gasteiger partial charge in [-0.1, -0.05) is 28.1 Å². The van der Waals surface area contributed by atoms with Crippen molar-refractivity contribution >= 4 is 27.8 Å². The summed E-state index contributed by atoms with van der Waals surface area (Å²) in [6.45, 7) is 0.256. The molecule has 19 heavy (non-hydrogen) atoms. The first-order valence-corrected chi connectivity index (χ1v) is 6.98. The largest absolute Gasteiger partial charge is 0.481 e. The molecule has 0 aliphatic heterocycles. The van der Waals surface area contributed by atoms with Crippen LogP contribution in [0, 0.1) is 0 Å². The summed E-state index contributed by atoms with van der Waals surface area (Å²) in [6, 6.07) is 7.78. The monoisotopic (exact) mass is 325 g/mol. The first kappa shape index (κ1) is 14.1. The standard InChI is InChI=1S/C14H16BrNO3/c1-16(9-6-12(17)18)13(19)14(7-8-14)10-2-4-11(15)5-3-10/h2-5H,6-9H2,1H3,(H,17,18). The molecule has 0 bridgehead atoms. The minimum Gasteiger partial charge on any atom is -0.481 e. The molecule has 0 spiro atoms. The van der Waals surface area contributed by atoms with E-state index < -0.39 is 11.4 Å². The molecule has 5 heteroatoms. The van der Waals surface area contributed by atoms with Gasteiger partial charge >= 0.3 is 5.97 Å². The average molecular weight is 326 g/mol. The van der Waals surface area contributed by atoms with E-state index in [1.807, 2.05) is 24.3 Å². The van der Waals surface area contributed by atoms with Crippen molar-refractivity contribution in [2.45, 2.75) is 24.7 Å². The molecule has 1 fully saturated rings. The first-order chi connectivity index (χ1) is 8.95. The summed E-state index contributed by atoms with van der Waals surface area (Å²) in [6.07, 6.45) is 1.66. The summed E-state index contributed by atoms with van der Waals surface area (Å²) in [5.41, 5.74) is 0.594. The second-order valence-corrected chi connectivity index (χ2v) is 5.88. The molecule has 0 atom stereocenters. The maximum absolute atomic E-state index is 12.4.